The summed E-state index contributed by atoms with van der Waals surface area (Å²) in [6, 6.07) is 11.6. The molecule has 2 aliphatic rings. The number of carbonyl (C=O) groups excluding carboxylic acids is 2. The van der Waals surface area contributed by atoms with Gasteiger partial charge in [-0.25, -0.2) is 0 Å². The molecule has 2 aromatic rings. The van der Waals surface area contributed by atoms with E-state index in [2.05, 4.69) is 15.2 Å². The number of benzene rings is 1. The van der Waals surface area contributed by atoms with Gasteiger partial charge in [0.25, 0.3) is 5.91 Å². The van der Waals surface area contributed by atoms with Crippen molar-refractivity contribution in [3.8, 4) is 11.5 Å². The van der Waals surface area contributed by atoms with Crippen LogP contribution in [0.25, 0.3) is 0 Å². The lowest BCUT2D eigenvalue weighted by Crippen LogP contribution is -2.52. The first-order valence-corrected chi connectivity index (χ1v) is 10.2. The quantitative estimate of drug-likeness (QED) is 0.861. The molecule has 0 saturated carbocycles. The van der Waals surface area contributed by atoms with Gasteiger partial charge in [0, 0.05) is 57.6 Å². The van der Waals surface area contributed by atoms with Gasteiger partial charge in [0.2, 0.25) is 5.91 Å². The average molecular weight is 394 g/mol. The van der Waals surface area contributed by atoms with Gasteiger partial charge in [0.1, 0.15) is 17.1 Å². The fourth-order valence-corrected chi connectivity index (χ4v) is 3.98. The maximum absolute atomic E-state index is 13.1. The second kappa shape index (κ2) is 9.05. The molecule has 0 aliphatic carbocycles. The van der Waals surface area contributed by atoms with E-state index >= 15 is 0 Å². The molecule has 4 rings (SSSR count). The Labute approximate surface area is 170 Å². The Morgan fingerprint density at radius 2 is 1.86 bits per heavy atom. The summed E-state index contributed by atoms with van der Waals surface area (Å²) in [5.41, 5.74) is 0.481. The van der Waals surface area contributed by atoms with Crippen molar-refractivity contribution >= 4 is 11.8 Å². The van der Waals surface area contributed by atoms with Crippen molar-refractivity contribution in [2.75, 3.05) is 32.7 Å². The maximum Gasteiger partial charge on any atom is 0.259 e. The highest BCUT2D eigenvalue weighted by Crippen LogP contribution is 2.26. The molecule has 2 fully saturated rings. The van der Waals surface area contributed by atoms with Crippen LogP contribution in [0.4, 0.5) is 0 Å². The van der Waals surface area contributed by atoms with E-state index in [0.717, 1.165) is 32.5 Å². The third kappa shape index (κ3) is 4.74. The van der Waals surface area contributed by atoms with Gasteiger partial charge in [0.15, 0.2) is 0 Å². The topological polar surface area (TPSA) is 74.8 Å². The summed E-state index contributed by atoms with van der Waals surface area (Å²) in [7, 11) is 0. The van der Waals surface area contributed by atoms with Gasteiger partial charge in [-0.15, -0.1) is 0 Å². The third-order valence-electron chi connectivity index (χ3n) is 5.60. The molecule has 7 nitrogen and oxygen atoms in total. The van der Waals surface area contributed by atoms with Crippen LogP contribution in [-0.4, -0.2) is 65.4 Å². The van der Waals surface area contributed by atoms with E-state index in [4.69, 9.17) is 4.74 Å². The molecule has 1 atom stereocenters. The fourth-order valence-electron chi connectivity index (χ4n) is 3.98. The number of carbonyl (C=O) groups is 2. The van der Waals surface area contributed by atoms with Crippen LogP contribution in [0, 0.1) is 0 Å². The molecule has 1 unspecified atom stereocenters. The van der Waals surface area contributed by atoms with Crippen molar-refractivity contribution in [3.05, 3.63) is 54.4 Å². The standard InChI is InChI=1S/C22H26N4O3/c27-21-7-6-17(8-11-24-21)25-12-14-26(15-13-25)22(28)19-16-23-10-9-20(19)29-18-4-2-1-3-5-18/h1-5,9-10,16-17H,6-8,11-15H2,(H,24,27). The van der Waals surface area contributed by atoms with Gasteiger partial charge in [-0.1, -0.05) is 18.2 Å². The van der Waals surface area contributed by atoms with E-state index < -0.39 is 0 Å². The number of ether oxygens (including phenoxy) is 1. The zero-order valence-electron chi connectivity index (χ0n) is 16.4. The summed E-state index contributed by atoms with van der Waals surface area (Å²) in [6.07, 6.45) is 5.65. The first-order valence-electron chi connectivity index (χ1n) is 10.2. The Kier molecular flexibility index (Phi) is 6.05. The highest BCUT2D eigenvalue weighted by atomic mass is 16.5. The smallest absolute Gasteiger partial charge is 0.259 e. The van der Waals surface area contributed by atoms with Gasteiger partial charge < -0.3 is 15.0 Å². The molecule has 152 valence electrons. The average Bonchev–Trinajstić information content (AvgIpc) is 2.99. The number of rotatable bonds is 4. The zero-order chi connectivity index (χ0) is 20.1. The Morgan fingerprint density at radius 1 is 1.07 bits per heavy atom. The monoisotopic (exact) mass is 394 g/mol. The van der Waals surface area contributed by atoms with Crippen LogP contribution in [0.5, 0.6) is 11.5 Å². The molecule has 0 spiro atoms. The van der Waals surface area contributed by atoms with Gasteiger partial charge in [-0.05, 0) is 31.0 Å². The molecule has 1 N–H and O–H groups in total. The van der Waals surface area contributed by atoms with Crippen LogP contribution in [-0.2, 0) is 4.79 Å². The molecule has 1 aromatic heterocycles. The lowest BCUT2D eigenvalue weighted by Gasteiger charge is -2.39. The highest BCUT2D eigenvalue weighted by molar-refractivity contribution is 5.96. The van der Waals surface area contributed by atoms with Crippen LogP contribution in [0.3, 0.4) is 0 Å². The molecule has 29 heavy (non-hydrogen) atoms. The Balaban J connectivity index is 1.39. The van der Waals surface area contributed by atoms with Gasteiger partial charge in [-0.2, -0.15) is 0 Å². The molecule has 2 saturated heterocycles. The van der Waals surface area contributed by atoms with Gasteiger partial charge in [-0.3, -0.25) is 19.5 Å². The summed E-state index contributed by atoms with van der Waals surface area (Å²) in [5, 5.41) is 2.94. The summed E-state index contributed by atoms with van der Waals surface area (Å²) in [4.78, 5) is 33.1. The van der Waals surface area contributed by atoms with E-state index in [0.29, 0.717) is 42.6 Å². The van der Waals surface area contributed by atoms with Gasteiger partial charge in [0.05, 0.1) is 0 Å². The van der Waals surface area contributed by atoms with Crippen molar-refractivity contribution < 1.29 is 14.3 Å². The van der Waals surface area contributed by atoms with E-state index in [1.54, 1.807) is 18.5 Å². The third-order valence-corrected chi connectivity index (χ3v) is 5.60. The van der Waals surface area contributed by atoms with Crippen LogP contribution in [0.1, 0.15) is 29.6 Å². The summed E-state index contributed by atoms with van der Waals surface area (Å²) in [5.74, 6) is 1.30. The number of pyridine rings is 1. The number of para-hydroxylation sites is 1. The second-order valence-corrected chi connectivity index (χ2v) is 7.45. The normalized spacial score (nSPS) is 20.6. The molecule has 0 bridgehead atoms. The fraction of sp³-hybridized carbons (Fsp3) is 0.409. The van der Waals surface area contributed by atoms with E-state index in [-0.39, 0.29) is 11.8 Å². The minimum absolute atomic E-state index is 0.0543. The Hall–Kier alpha value is -2.93. The van der Waals surface area contributed by atoms with Crippen molar-refractivity contribution in [1.82, 2.24) is 20.1 Å². The number of hydrogen-bond acceptors (Lipinski definition) is 5. The molecule has 2 aliphatic heterocycles. The van der Waals surface area contributed by atoms with Crippen LogP contribution in [0.15, 0.2) is 48.8 Å². The van der Waals surface area contributed by atoms with Crippen LogP contribution >= 0.6 is 0 Å². The summed E-state index contributed by atoms with van der Waals surface area (Å²) >= 11 is 0. The highest BCUT2D eigenvalue weighted by Gasteiger charge is 2.29. The van der Waals surface area contributed by atoms with E-state index in [9.17, 15) is 9.59 Å². The van der Waals surface area contributed by atoms with E-state index in [1.165, 1.54) is 0 Å². The Morgan fingerprint density at radius 3 is 2.66 bits per heavy atom. The number of amides is 2. The molecule has 1 aromatic carbocycles. The number of piperazine rings is 1. The molecule has 7 heteroatoms. The SMILES string of the molecule is O=C1CCC(N2CCN(C(=O)c3cnccc3Oc3ccccc3)CC2)CCN1. The van der Waals surface area contributed by atoms with Gasteiger partial charge >= 0.3 is 0 Å². The first-order chi connectivity index (χ1) is 14.2. The minimum Gasteiger partial charge on any atom is -0.456 e. The minimum atomic E-state index is -0.0543. The molecular formula is C22H26N4O3. The Bertz CT molecular complexity index is 850. The zero-order valence-corrected chi connectivity index (χ0v) is 16.4. The van der Waals surface area contributed by atoms with Crippen LogP contribution in [0.2, 0.25) is 0 Å². The largest absolute Gasteiger partial charge is 0.456 e. The number of nitrogens with zero attached hydrogens (tertiary/aromatic N) is 3. The number of hydrogen-bond donors (Lipinski definition) is 1. The summed E-state index contributed by atoms with van der Waals surface area (Å²) < 4.78 is 5.92. The molecule has 3 heterocycles. The number of aromatic nitrogens is 1. The second-order valence-electron chi connectivity index (χ2n) is 7.45. The van der Waals surface area contributed by atoms with Crippen molar-refractivity contribution in [2.45, 2.75) is 25.3 Å². The maximum atomic E-state index is 13.1. The summed E-state index contributed by atoms with van der Waals surface area (Å²) in [6.45, 7) is 3.70. The molecule has 0 radical (unpaired) electrons. The molecular weight excluding hydrogens is 368 g/mol. The first kappa shape index (κ1) is 19.4. The number of nitrogens with one attached hydrogen (secondary N) is 1. The van der Waals surface area contributed by atoms with Crippen molar-refractivity contribution in [3.63, 3.8) is 0 Å². The van der Waals surface area contributed by atoms with Crippen molar-refractivity contribution in [2.24, 2.45) is 0 Å². The van der Waals surface area contributed by atoms with Crippen LogP contribution < -0.4 is 10.1 Å². The van der Waals surface area contributed by atoms with E-state index in [1.807, 2.05) is 35.2 Å². The lowest BCUT2D eigenvalue weighted by atomic mass is 10.1. The molecule has 2 amide bonds. The lowest BCUT2D eigenvalue weighted by molar-refractivity contribution is -0.120. The van der Waals surface area contributed by atoms with Crippen molar-refractivity contribution in [1.29, 1.82) is 0 Å². The predicted molar refractivity (Wildman–Crippen MR) is 109 cm³/mol. The predicted octanol–water partition coefficient (Wildman–Crippen LogP) is 2.30.